The summed E-state index contributed by atoms with van der Waals surface area (Å²) in [5, 5.41) is 3.35. The average Bonchev–Trinajstić information content (AvgIpc) is 3.13. The van der Waals surface area contributed by atoms with Gasteiger partial charge in [-0.1, -0.05) is 13.8 Å². The fraction of sp³-hybridized carbons (Fsp3) is 0.316. The Balaban J connectivity index is 2.09. The van der Waals surface area contributed by atoms with Crippen LogP contribution in [0.25, 0.3) is 11.0 Å². The molecular formula is C19H21F2N5O3S. The molecule has 0 unspecified atom stereocenters. The normalized spacial score (nSPS) is 11.6. The van der Waals surface area contributed by atoms with Crippen LogP contribution in [0.2, 0.25) is 0 Å². The van der Waals surface area contributed by atoms with Crippen LogP contribution in [-0.2, 0) is 10.0 Å². The highest BCUT2D eigenvalue weighted by molar-refractivity contribution is 7.92. The third-order valence-corrected chi connectivity index (χ3v) is 5.79. The monoisotopic (exact) mass is 437 g/mol. The number of hydrogen-bond donors (Lipinski definition) is 3. The van der Waals surface area contributed by atoms with E-state index in [1.54, 1.807) is 6.92 Å². The van der Waals surface area contributed by atoms with Gasteiger partial charge >= 0.3 is 0 Å². The lowest BCUT2D eigenvalue weighted by molar-refractivity contribution is 0.103. The Morgan fingerprint density at radius 3 is 2.63 bits per heavy atom. The molecule has 2 aromatic heterocycles. The van der Waals surface area contributed by atoms with E-state index in [9.17, 15) is 17.6 Å². The number of rotatable bonds is 9. The number of aromatic nitrogens is 3. The number of ketones is 1. The Morgan fingerprint density at radius 1 is 1.17 bits per heavy atom. The zero-order valence-electron chi connectivity index (χ0n) is 16.4. The topological polar surface area (TPSA) is 117 Å². The number of hydrogen-bond acceptors (Lipinski definition) is 6. The van der Waals surface area contributed by atoms with Crippen molar-refractivity contribution in [2.45, 2.75) is 26.7 Å². The van der Waals surface area contributed by atoms with Crippen LogP contribution in [0.15, 0.2) is 24.7 Å². The number of carbonyl (C=O) groups is 1. The summed E-state index contributed by atoms with van der Waals surface area (Å²) < 4.78 is 55.5. The Morgan fingerprint density at radius 2 is 1.93 bits per heavy atom. The molecule has 11 heteroatoms. The van der Waals surface area contributed by atoms with Gasteiger partial charge in [0.15, 0.2) is 5.82 Å². The number of nitrogens with one attached hydrogen (secondary N) is 3. The molecule has 2 heterocycles. The smallest absolute Gasteiger partial charge is 0.232 e. The first-order valence-corrected chi connectivity index (χ1v) is 11.0. The number of benzene rings is 1. The summed E-state index contributed by atoms with van der Waals surface area (Å²) in [5.41, 5.74) is -1.06. The van der Waals surface area contributed by atoms with E-state index < -0.39 is 38.7 Å². The fourth-order valence-electron chi connectivity index (χ4n) is 2.98. The molecular weight excluding hydrogens is 416 g/mol. The quantitative estimate of drug-likeness (QED) is 0.442. The molecule has 160 valence electrons. The predicted octanol–water partition coefficient (Wildman–Crippen LogP) is 3.44. The van der Waals surface area contributed by atoms with Gasteiger partial charge in [-0.15, -0.1) is 0 Å². The zero-order valence-corrected chi connectivity index (χ0v) is 17.2. The molecule has 30 heavy (non-hydrogen) atoms. The number of H-pyrrole nitrogens is 1. The van der Waals surface area contributed by atoms with Gasteiger partial charge < -0.3 is 10.3 Å². The zero-order chi connectivity index (χ0) is 21.9. The van der Waals surface area contributed by atoms with Crippen molar-refractivity contribution >= 4 is 38.3 Å². The summed E-state index contributed by atoms with van der Waals surface area (Å²) in [6.07, 6.45) is 3.70. The van der Waals surface area contributed by atoms with Gasteiger partial charge in [-0.25, -0.2) is 27.2 Å². The van der Waals surface area contributed by atoms with Gasteiger partial charge in [-0.2, -0.15) is 0 Å². The molecule has 0 fully saturated rings. The molecule has 8 nitrogen and oxygen atoms in total. The van der Waals surface area contributed by atoms with E-state index in [1.165, 1.54) is 12.5 Å². The maximum atomic E-state index is 15.0. The van der Waals surface area contributed by atoms with Crippen LogP contribution >= 0.6 is 0 Å². The SMILES string of the molecule is CCCNc1ncnc2[nH]cc(C(=O)c3c(F)ccc(NS(=O)(=O)CCC)c3F)c12. The van der Waals surface area contributed by atoms with E-state index in [1.807, 2.05) is 6.92 Å². The Kier molecular flexibility index (Phi) is 6.30. The second kappa shape index (κ2) is 8.74. The Labute approximate surface area is 172 Å². The summed E-state index contributed by atoms with van der Waals surface area (Å²) in [5.74, 6) is -3.23. The number of carbonyl (C=O) groups excluding carboxylic acids is 1. The van der Waals surface area contributed by atoms with Crippen molar-refractivity contribution in [1.82, 2.24) is 15.0 Å². The molecule has 0 aliphatic rings. The number of anilines is 2. The first-order chi connectivity index (χ1) is 14.3. The van der Waals surface area contributed by atoms with Gasteiger partial charge in [0.2, 0.25) is 15.8 Å². The summed E-state index contributed by atoms with van der Waals surface area (Å²) in [7, 11) is -3.83. The predicted molar refractivity (Wildman–Crippen MR) is 110 cm³/mol. The molecule has 0 radical (unpaired) electrons. The molecule has 0 atom stereocenters. The Bertz CT molecular complexity index is 1190. The van der Waals surface area contributed by atoms with Crippen molar-refractivity contribution in [3.05, 3.63) is 47.4 Å². The van der Waals surface area contributed by atoms with Crippen molar-refractivity contribution in [2.75, 3.05) is 22.3 Å². The minimum atomic E-state index is -3.83. The maximum Gasteiger partial charge on any atom is 0.232 e. The van der Waals surface area contributed by atoms with Gasteiger partial charge in [0.1, 0.15) is 23.6 Å². The first kappa shape index (κ1) is 21.6. The minimum absolute atomic E-state index is 0.0319. The lowest BCUT2D eigenvalue weighted by Gasteiger charge is -2.12. The molecule has 0 amide bonds. The summed E-state index contributed by atoms with van der Waals surface area (Å²) in [4.78, 5) is 24.0. The van der Waals surface area contributed by atoms with Gasteiger partial charge in [-0.05, 0) is 25.0 Å². The lowest BCUT2D eigenvalue weighted by Crippen LogP contribution is -2.18. The third kappa shape index (κ3) is 4.25. The highest BCUT2D eigenvalue weighted by Crippen LogP contribution is 2.29. The van der Waals surface area contributed by atoms with Crippen molar-refractivity contribution in [2.24, 2.45) is 0 Å². The van der Waals surface area contributed by atoms with Crippen LogP contribution in [0, 0.1) is 11.6 Å². The molecule has 0 aliphatic heterocycles. The van der Waals surface area contributed by atoms with Crippen LogP contribution in [0.5, 0.6) is 0 Å². The molecule has 0 aliphatic carbocycles. The molecule has 3 rings (SSSR count). The highest BCUT2D eigenvalue weighted by Gasteiger charge is 2.26. The van der Waals surface area contributed by atoms with E-state index in [0.29, 0.717) is 29.8 Å². The second-order valence-electron chi connectivity index (χ2n) is 6.61. The van der Waals surface area contributed by atoms with Crippen LogP contribution in [0.3, 0.4) is 0 Å². The number of fused-ring (bicyclic) bond motifs is 1. The number of halogens is 2. The molecule has 3 N–H and O–H groups in total. The molecule has 1 aromatic carbocycles. The molecule has 0 saturated carbocycles. The van der Waals surface area contributed by atoms with Crippen molar-refractivity contribution < 1.29 is 22.0 Å². The second-order valence-corrected chi connectivity index (χ2v) is 8.45. The van der Waals surface area contributed by atoms with E-state index in [0.717, 1.165) is 18.6 Å². The lowest BCUT2D eigenvalue weighted by atomic mass is 10.0. The van der Waals surface area contributed by atoms with Crippen LogP contribution in [-0.4, -0.2) is 41.5 Å². The number of nitrogens with zero attached hydrogens (tertiary/aromatic N) is 2. The number of aromatic amines is 1. The largest absolute Gasteiger partial charge is 0.369 e. The van der Waals surface area contributed by atoms with Crippen LogP contribution < -0.4 is 10.0 Å². The Hall–Kier alpha value is -3.08. The van der Waals surface area contributed by atoms with Gasteiger partial charge in [0.25, 0.3) is 0 Å². The maximum absolute atomic E-state index is 15.0. The van der Waals surface area contributed by atoms with Gasteiger partial charge in [-0.3, -0.25) is 9.52 Å². The van der Waals surface area contributed by atoms with Crippen molar-refractivity contribution in [1.29, 1.82) is 0 Å². The summed E-state index contributed by atoms with van der Waals surface area (Å²) in [6, 6.07) is 1.79. The van der Waals surface area contributed by atoms with E-state index in [4.69, 9.17) is 0 Å². The third-order valence-electron chi connectivity index (χ3n) is 4.31. The van der Waals surface area contributed by atoms with Crippen LogP contribution in [0.4, 0.5) is 20.3 Å². The minimum Gasteiger partial charge on any atom is -0.369 e. The fourth-order valence-corrected chi connectivity index (χ4v) is 4.11. The molecule has 0 spiro atoms. The van der Waals surface area contributed by atoms with Gasteiger partial charge in [0, 0.05) is 12.7 Å². The molecule has 0 bridgehead atoms. The number of sulfonamides is 1. The van der Waals surface area contributed by atoms with E-state index in [2.05, 4.69) is 25.0 Å². The summed E-state index contributed by atoms with van der Waals surface area (Å²) in [6.45, 7) is 4.17. The average molecular weight is 437 g/mol. The summed E-state index contributed by atoms with van der Waals surface area (Å²) >= 11 is 0. The highest BCUT2D eigenvalue weighted by atomic mass is 32.2. The molecule has 3 aromatic rings. The molecule has 0 saturated heterocycles. The van der Waals surface area contributed by atoms with E-state index >= 15 is 4.39 Å². The van der Waals surface area contributed by atoms with Crippen molar-refractivity contribution in [3.8, 4) is 0 Å². The van der Waals surface area contributed by atoms with Crippen molar-refractivity contribution in [3.63, 3.8) is 0 Å². The van der Waals surface area contributed by atoms with Gasteiger partial charge in [0.05, 0.1) is 28.0 Å². The standard InChI is InChI=1S/C19H21F2N5O3S/c1-3-7-22-18-14-11(9-23-19(14)25-10-24-18)17(27)15-12(20)5-6-13(16(15)21)26-30(28,29)8-4-2/h5-6,9-10,26H,3-4,7-8H2,1-2H3,(H2,22,23,24,25). The van der Waals surface area contributed by atoms with Crippen LogP contribution in [0.1, 0.15) is 42.6 Å². The van der Waals surface area contributed by atoms with E-state index in [-0.39, 0.29) is 11.3 Å². The first-order valence-electron chi connectivity index (χ1n) is 9.38.